The average molecular weight is 226 g/mol. The van der Waals surface area contributed by atoms with E-state index in [9.17, 15) is 4.79 Å². The average Bonchev–Trinajstić information content (AvgIpc) is 2.91. The van der Waals surface area contributed by atoms with Crippen molar-refractivity contribution in [2.45, 2.75) is 43.9 Å². The molecule has 2 rings (SSSR count). The topological polar surface area (TPSA) is 103 Å². The smallest absolute Gasteiger partial charge is 0.246 e. The van der Waals surface area contributed by atoms with Crippen molar-refractivity contribution in [2.24, 2.45) is 16.5 Å². The van der Waals surface area contributed by atoms with Gasteiger partial charge in [0.1, 0.15) is 6.10 Å². The normalized spacial score (nSPS) is 30.4. The molecule has 5 N–H and O–H groups in total. The molecule has 0 aromatic heterocycles. The molecule has 90 valence electrons. The van der Waals surface area contributed by atoms with Crippen LogP contribution < -0.4 is 16.8 Å². The summed E-state index contributed by atoms with van der Waals surface area (Å²) in [5, 5.41) is 3.09. The second-order valence-corrected chi connectivity index (χ2v) is 4.37. The molecule has 2 fully saturated rings. The Bertz CT molecular complexity index is 301. The van der Waals surface area contributed by atoms with E-state index in [-0.39, 0.29) is 6.10 Å². The van der Waals surface area contributed by atoms with E-state index < -0.39 is 12.0 Å². The van der Waals surface area contributed by atoms with E-state index in [2.05, 4.69) is 10.3 Å². The third-order valence-electron chi connectivity index (χ3n) is 2.82. The van der Waals surface area contributed by atoms with Crippen LogP contribution in [0.1, 0.15) is 25.7 Å². The van der Waals surface area contributed by atoms with Gasteiger partial charge < -0.3 is 21.5 Å². The lowest BCUT2D eigenvalue weighted by Crippen LogP contribution is -2.34. The molecule has 6 heteroatoms. The lowest BCUT2D eigenvalue weighted by atomic mass is 10.2. The number of nitrogens with zero attached hydrogens (tertiary/aromatic N) is 1. The van der Waals surface area contributed by atoms with Gasteiger partial charge in [-0.2, -0.15) is 0 Å². The monoisotopic (exact) mass is 226 g/mol. The van der Waals surface area contributed by atoms with Crippen LogP contribution in [0.2, 0.25) is 0 Å². The van der Waals surface area contributed by atoms with Crippen LogP contribution in [-0.2, 0) is 9.53 Å². The molecule has 0 spiro atoms. The van der Waals surface area contributed by atoms with Crippen molar-refractivity contribution in [2.75, 3.05) is 6.54 Å². The molecule has 1 aliphatic heterocycles. The highest BCUT2D eigenvalue weighted by molar-refractivity contribution is 5.79. The molecule has 1 aliphatic carbocycles. The highest BCUT2D eigenvalue weighted by Gasteiger charge is 2.29. The number of guanidine groups is 1. The highest BCUT2D eigenvalue weighted by atomic mass is 16.5. The van der Waals surface area contributed by atoms with Crippen LogP contribution >= 0.6 is 0 Å². The van der Waals surface area contributed by atoms with Gasteiger partial charge in [0.25, 0.3) is 0 Å². The van der Waals surface area contributed by atoms with Gasteiger partial charge in [-0.15, -0.1) is 0 Å². The summed E-state index contributed by atoms with van der Waals surface area (Å²) in [5.74, 6) is 0.0733. The summed E-state index contributed by atoms with van der Waals surface area (Å²) in [7, 11) is 0. The number of aliphatic imine (C=N–C) groups is 1. The minimum atomic E-state index is -0.446. The summed E-state index contributed by atoms with van der Waals surface area (Å²) < 4.78 is 5.43. The van der Waals surface area contributed by atoms with Crippen molar-refractivity contribution >= 4 is 11.9 Å². The number of amides is 1. The lowest BCUT2D eigenvalue weighted by molar-refractivity contribution is -0.128. The maximum absolute atomic E-state index is 10.9. The largest absolute Gasteiger partial charge is 0.370 e. The van der Waals surface area contributed by atoms with Gasteiger partial charge in [-0.05, 0) is 25.7 Å². The van der Waals surface area contributed by atoms with E-state index in [1.165, 1.54) is 12.8 Å². The number of hydrogen-bond donors (Lipinski definition) is 3. The predicted octanol–water partition coefficient (Wildman–Crippen LogP) is -0.914. The molecule has 0 aromatic rings. The minimum absolute atomic E-state index is 0.0305. The Hall–Kier alpha value is -1.30. The van der Waals surface area contributed by atoms with Crippen LogP contribution in [0.15, 0.2) is 4.99 Å². The number of ether oxygens (including phenoxy) is 1. The summed E-state index contributed by atoms with van der Waals surface area (Å²) in [6.07, 6.45) is 3.36. The number of carbonyl (C=O) groups is 1. The first-order valence-corrected chi connectivity index (χ1v) is 5.66. The Morgan fingerprint density at radius 2 is 2.06 bits per heavy atom. The SMILES string of the molecule is NC(=O)C1CCC(CN=C(N)NC2CC2)O1. The number of primary amides is 1. The fourth-order valence-corrected chi connectivity index (χ4v) is 1.73. The van der Waals surface area contributed by atoms with Gasteiger partial charge in [-0.1, -0.05) is 0 Å². The number of hydrogen-bond acceptors (Lipinski definition) is 3. The molecule has 1 saturated carbocycles. The Morgan fingerprint density at radius 3 is 2.62 bits per heavy atom. The Balaban J connectivity index is 1.71. The Morgan fingerprint density at radius 1 is 1.31 bits per heavy atom. The van der Waals surface area contributed by atoms with Gasteiger partial charge in [0.2, 0.25) is 5.91 Å². The van der Waals surface area contributed by atoms with Crippen molar-refractivity contribution in [3.05, 3.63) is 0 Å². The first kappa shape index (κ1) is 11.2. The summed E-state index contributed by atoms with van der Waals surface area (Å²) in [5.41, 5.74) is 10.8. The van der Waals surface area contributed by atoms with E-state index >= 15 is 0 Å². The highest BCUT2D eigenvalue weighted by Crippen LogP contribution is 2.20. The zero-order chi connectivity index (χ0) is 11.5. The number of nitrogens with one attached hydrogen (secondary N) is 1. The van der Waals surface area contributed by atoms with E-state index in [0.717, 1.165) is 6.42 Å². The van der Waals surface area contributed by atoms with Crippen LogP contribution in [0.4, 0.5) is 0 Å². The standard InChI is InChI=1S/C10H18N4O2/c11-9(15)8-4-3-7(16-8)5-13-10(12)14-6-1-2-6/h6-8H,1-5H2,(H2,11,15)(H3,12,13,14). The van der Waals surface area contributed by atoms with Gasteiger partial charge in [-0.3, -0.25) is 9.79 Å². The van der Waals surface area contributed by atoms with Crippen LogP contribution in [0, 0.1) is 0 Å². The fourth-order valence-electron chi connectivity index (χ4n) is 1.73. The molecule has 0 radical (unpaired) electrons. The molecular formula is C10H18N4O2. The third kappa shape index (κ3) is 3.10. The van der Waals surface area contributed by atoms with Gasteiger partial charge >= 0.3 is 0 Å². The summed E-state index contributed by atoms with van der Waals surface area (Å²) in [4.78, 5) is 15.0. The van der Waals surface area contributed by atoms with E-state index in [0.29, 0.717) is 25.0 Å². The molecule has 2 atom stereocenters. The first-order chi connectivity index (χ1) is 7.65. The van der Waals surface area contributed by atoms with Crippen LogP contribution in [0.25, 0.3) is 0 Å². The molecule has 16 heavy (non-hydrogen) atoms. The summed E-state index contributed by atoms with van der Waals surface area (Å²) in [6, 6.07) is 0.506. The predicted molar refractivity (Wildman–Crippen MR) is 59.7 cm³/mol. The van der Waals surface area contributed by atoms with Gasteiger partial charge in [0, 0.05) is 6.04 Å². The molecule has 0 bridgehead atoms. The van der Waals surface area contributed by atoms with Crippen molar-refractivity contribution in [1.82, 2.24) is 5.32 Å². The van der Waals surface area contributed by atoms with Crippen molar-refractivity contribution in [3.63, 3.8) is 0 Å². The minimum Gasteiger partial charge on any atom is -0.370 e. The molecule has 1 amide bonds. The quantitative estimate of drug-likeness (QED) is 0.426. The molecular weight excluding hydrogens is 208 g/mol. The molecule has 0 aromatic carbocycles. The van der Waals surface area contributed by atoms with E-state index in [1.807, 2.05) is 0 Å². The zero-order valence-electron chi connectivity index (χ0n) is 9.19. The molecule has 1 saturated heterocycles. The third-order valence-corrected chi connectivity index (χ3v) is 2.82. The lowest BCUT2D eigenvalue weighted by Gasteiger charge is -2.09. The van der Waals surface area contributed by atoms with E-state index in [4.69, 9.17) is 16.2 Å². The van der Waals surface area contributed by atoms with Gasteiger partial charge in [-0.25, -0.2) is 0 Å². The molecule has 1 heterocycles. The van der Waals surface area contributed by atoms with Crippen LogP contribution in [0.3, 0.4) is 0 Å². The Labute approximate surface area is 94.4 Å². The second-order valence-electron chi connectivity index (χ2n) is 4.37. The van der Waals surface area contributed by atoms with Crippen molar-refractivity contribution < 1.29 is 9.53 Å². The molecule has 2 unspecified atom stereocenters. The maximum Gasteiger partial charge on any atom is 0.246 e. The number of rotatable bonds is 4. The molecule has 6 nitrogen and oxygen atoms in total. The number of carbonyl (C=O) groups excluding carboxylic acids is 1. The van der Waals surface area contributed by atoms with Crippen LogP contribution in [0.5, 0.6) is 0 Å². The van der Waals surface area contributed by atoms with E-state index in [1.54, 1.807) is 0 Å². The Kier molecular flexibility index (Phi) is 3.28. The second kappa shape index (κ2) is 4.69. The van der Waals surface area contributed by atoms with Gasteiger partial charge in [0.05, 0.1) is 12.6 Å². The fraction of sp³-hybridized carbons (Fsp3) is 0.800. The van der Waals surface area contributed by atoms with Gasteiger partial charge in [0.15, 0.2) is 5.96 Å². The first-order valence-electron chi connectivity index (χ1n) is 5.66. The summed E-state index contributed by atoms with van der Waals surface area (Å²) >= 11 is 0. The van der Waals surface area contributed by atoms with Crippen molar-refractivity contribution in [3.8, 4) is 0 Å². The van der Waals surface area contributed by atoms with Crippen LogP contribution in [-0.4, -0.2) is 36.7 Å². The zero-order valence-corrected chi connectivity index (χ0v) is 9.19. The maximum atomic E-state index is 10.9. The molecule has 2 aliphatic rings. The van der Waals surface area contributed by atoms with Crippen molar-refractivity contribution in [1.29, 1.82) is 0 Å². The summed E-state index contributed by atoms with van der Waals surface area (Å²) in [6.45, 7) is 0.495. The number of nitrogens with two attached hydrogens (primary N) is 2.